The lowest BCUT2D eigenvalue weighted by Crippen LogP contribution is -2.35. The van der Waals surface area contributed by atoms with Crippen LogP contribution in [0.4, 0.5) is 5.69 Å². The lowest BCUT2D eigenvalue weighted by atomic mass is 10.2. The summed E-state index contributed by atoms with van der Waals surface area (Å²) in [5.41, 5.74) is 1.74. The number of carbonyl (C=O) groups excluding carboxylic acids is 1. The number of hydrogen-bond donors (Lipinski definition) is 0. The van der Waals surface area contributed by atoms with Gasteiger partial charge in [0.15, 0.2) is 5.17 Å². The van der Waals surface area contributed by atoms with Crippen molar-refractivity contribution in [1.29, 1.82) is 0 Å². The van der Waals surface area contributed by atoms with E-state index in [0.717, 1.165) is 20.8 Å². The minimum atomic E-state index is -0.431. The van der Waals surface area contributed by atoms with Crippen LogP contribution in [0.2, 0.25) is 0 Å². The Morgan fingerprint density at radius 3 is 2.44 bits per heavy atom. The highest BCUT2D eigenvalue weighted by atomic mass is 79.9. The Morgan fingerprint density at radius 1 is 1.19 bits per heavy atom. The Bertz CT molecular complexity index is 1080. The van der Waals surface area contributed by atoms with E-state index in [-0.39, 0.29) is 30.3 Å². The standard InChI is InChI=1S/C23H24BrN3O4S/c1-14(2)25-23-26(15(3)4)22(28)21(32-23)12-17-7-10-20(19(24)11-17)31-13-16-5-8-18(9-6-16)27(29)30/h5-12,14-15H,13H2,1-4H3/b21-12+,25-23?. The van der Waals surface area contributed by atoms with Gasteiger partial charge in [0, 0.05) is 24.2 Å². The highest BCUT2D eigenvalue weighted by Crippen LogP contribution is 2.35. The van der Waals surface area contributed by atoms with E-state index in [1.54, 1.807) is 17.0 Å². The summed E-state index contributed by atoms with van der Waals surface area (Å²) in [7, 11) is 0. The van der Waals surface area contributed by atoms with Crippen LogP contribution in [0.5, 0.6) is 5.75 Å². The third-order valence-corrected chi connectivity index (χ3v) is 6.13. The van der Waals surface area contributed by atoms with E-state index >= 15 is 0 Å². The fourth-order valence-electron chi connectivity index (χ4n) is 3.00. The molecular formula is C23H24BrN3O4S. The fourth-order valence-corrected chi connectivity index (χ4v) is 4.75. The van der Waals surface area contributed by atoms with E-state index in [0.29, 0.717) is 10.7 Å². The lowest BCUT2D eigenvalue weighted by molar-refractivity contribution is -0.384. The summed E-state index contributed by atoms with van der Waals surface area (Å²) < 4.78 is 6.59. The van der Waals surface area contributed by atoms with Crippen LogP contribution in [0.3, 0.4) is 0 Å². The van der Waals surface area contributed by atoms with Gasteiger partial charge in [-0.25, -0.2) is 0 Å². The van der Waals surface area contributed by atoms with Crippen LogP contribution in [0.25, 0.3) is 6.08 Å². The van der Waals surface area contributed by atoms with Gasteiger partial charge >= 0.3 is 0 Å². The minimum absolute atomic E-state index is 0.0281. The largest absolute Gasteiger partial charge is 0.488 e. The predicted octanol–water partition coefficient (Wildman–Crippen LogP) is 6.03. The Hall–Kier alpha value is -2.65. The molecule has 0 aromatic heterocycles. The number of aliphatic imine (C=N–C) groups is 1. The Labute approximate surface area is 199 Å². The number of rotatable bonds is 7. The third kappa shape index (κ3) is 5.77. The van der Waals surface area contributed by atoms with Gasteiger partial charge in [0.25, 0.3) is 11.6 Å². The van der Waals surface area contributed by atoms with Crippen molar-refractivity contribution in [3.8, 4) is 5.75 Å². The van der Waals surface area contributed by atoms with E-state index in [2.05, 4.69) is 20.9 Å². The van der Waals surface area contributed by atoms with Gasteiger partial charge < -0.3 is 4.74 Å². The molecule has 1 aliphatic heterocycles. The van der Waals surface area contributed by atoms with Gasteiger partial charge in [0.2, 0.25) is 0 Å². The number of amides is 1. The van der Waals surface area contributed by atoms with Crippen molar-refractivity contribution in [2.75, 3.05) is 0 Å². The first kappa shape index (κ1) is 24.0. The number of hydrogen-bond acceptors (Lipinski definition) is 6. The second-order valence-electron chi connectivity index (χ2n) is 7.79. The number of halogens is 1. The van der Waals surface area contributed by atoms with Gasteiger partial charge in [-0.3, -0.25) is 24.8 Å². The molecule has 0 aliphatic carbocycles. The topological polar surface area (TPSA) is 85.0 Å². The van der Waals surface area contributed by atoms with Crippen LogP contribution in [-0.4, -0.2) is 33.0 Å². The highest BCUT2D eigenvalue weighted by molar-refractivity contribution is 9.10. The quantitative estimate of drug-likeness (QED) is 0.254. The zero-order valence-electron chi connectivity index (χ0n) is 18.2. The summed E-state index contributed by atoms with van der Waals surface area (Å²) in [6.45, 7) is 8.22. The van der Waals surface area contributed by atoms with Crippen molar-refractivity contribution in [2.45, 2.75) is 46.4 Å². The first-order valence-corrected chi connectivity index (χ1v) is 11.7. The van der Waals surface area contributed by atoms with E-state index in [1.807, 2.05) is 52.0 Å². The third-order valence-electron chi connectivity index (χ3n) is 4.52. The number of nitro benzene ring substituents is 1. The van der Waals surface area contributed by atoms with Crippen molar-refractivity contribution in [3.05, 3.63) is 73.1 Å². The average molecular weight is 518 g/mol. The van der Waals surface area contributed by atoms with Crippen LogP contribution in [0, 0.1) is 10.1 Å². The molecule has 2 aromatic carbocycles. The molecule has 0 saturated carbocycles. The number of nitro groups is 1. The molecule has 32 heavy (non-hydrogen) atoms. The number of benzene rings is 2. The number of carbonyl (C=O) groups is 1. The first-order valence-electron chi connectivity index (χ1n) is 10.1. The minimum Gasteiger partial charge on any atom is -0.488 e. The van der Waals surface area contributed by atoms with Gasteiger partial charge in [0.05, 0.1) is 14.3 Å². The molecule has 7 nitrogen and oxygen atoms in total. The maximum atomic E-state index is 12.9. The molecule has 1 saturated heterocycles. The Balaban J connectivity index is 1.74. The van der Waals surface area contributed by atoms with Crippen molar-refractivity contribution in [2.24, 2.45) is 4.99 Å². The number of thioether (sulfide) groups is 1. The summed E-state index contributed by atoms with van der Waals surface area (Å²) in [5.74, 6) is 0.598. The summed E-state index contributed by atoms with van der Waals surface area (Å²) >= 11 is 4.92. The smallest absolute Gasteiger partial charge is 0.269 e. The molecule has 1 amide bonds. The monoisotopic (exact) mass is 517 g/mol. The average Bonchev–Trinajstić information content (AvgIpc) is 3.01. The molecule has 168 valence electrons. The van der Waals surface area contributed by atoms with Gasteiger partial charge in [-0.15, -0.1) is 0 Å². The second kappa shape index (κ2) is 10.3. The lowest BCUT2D eigenvalue weighted by Gasteiger charge is -2.20. The molecule has 0 unspecified atom stereocenters. The van der Waals surface area contributed by atoms with Crippen LogP contribution in [-0.2, 0) is 11.4 Å². The maximum absolute atomic E-state index is 12.9. The normalized spacial score (nSPS) is 16.6. The molecular weight excluding hydrogens is 494 g/mol. The molecule has 1 fully saturated rings. The highest BCUT2D eigenvalue weighted by Gasteiger charge is 2.35. The van der Waals surface area contributed by atoms with E-state index in [9.17, 15) is 14.9 Å². The molecule has 9 heteroatoms. The fraction of sp³-hybridized carbons (Fsp3) is 0.304. The van der Waals surface area contributed by atoms with Crippen molar-refractivity contribution in [1.82, 2.24) is 4.90 Å². The number of amidine groups is 1. The zero-order valence-corrected chi connectivity index (χ0v) is 20.6. The van der Waals surface area contributed by atoms with Crippen molar-refractivity contribution >= 4 is 50.5 Å². The summed E-state index contributed by atoms with van der Waals surface area (Å²) in [5, 5.41) is 11.5. The SMILES string of the molecule is CC(C)N=C1S/C(=C/c2ccc(OCc3ccc([N+](=O)[O-])cc3)c(Br)c2)C(=O)N1C(C)C. The molecule has 0 N–H and O–H groups in total. The van der Waals surface area contributed by atoms with Gasteiger partial charge in [-0.2, -0.15) is 0 Å². The van der Waals surface area contributed by atoms with Crippen molar-refractivity contribution < 1.29 is 14.5 Å². The van der Waals surface area contributed by atoms with Gasteiger partial charge in [-0.1, -0.05) is 6.07 Å². The molecule has 3 rings (SSSR count). The number of ether oxygens (including phenoxy) is 1. The molecule has 0 radical (unpaired) electrons. The zero-order chi connectivity index (χ0) is 23.4. The van der Waals surface area contributed by atoms with Crippen molar-refractivity contribution in [3.63, 3.8) is 0 Å². The van der Waals surface area contributed by atoms with Gasteiger partial charge in [0.1, 0.15) is 12.4 Å². The summed E-state index contributed by atoms with van der Waals surface area (Å²) in [4.78, 5) is 30.2. The predicted molar refractivity (Wildman–Crippen MR) is 132 cm³/mol. The van der Waals surface area contributed by atoms with Gasteiger partial charge in [-0.05, 0) is 96.9 Å². The molecule has 1 aliphatic rings. The first-order chi connectivity index (χ1) is 15.2. The maximum Gasteiger partial charge on any atom is 0.269 e. The number of non-ortho nitro benzene ring substituents is 1. The van der Waals surface area contributed by atoms with E-state index < -0.39 is 4.92 Å². The molecule has 0 spiro atoms. The molecule has 0 bridgehead atoms. The van der Waals surface area contributed by atoms with E-state index in [1.165, 1.54) is 23.9 Å². The molecule has 0 atom stereocenters. The Kier molecular flexibility index (Phi) is 7.73. The Morgan fingerprint density at radius 2 is 1.88 bits per heavy atom. The van der Waals surface area contributed by atoms with Crippen LogP contribution < -0.4 is 4.74 Å². The summed E-state index contributed by atoms with van der Waals surface area (Å²) in [6.07, 6.45) is 1.86. The van der Waals surface area contributed by atoms with E-state index in [4.69, 9.17) is 4.74 Å². The number of nitrogens with zero attached hydrogens (tertiary/aromatic N) is 3. The molecule has 1 heterocycles. The van der Waals surface area contributed by atoms with Crippen LogP contribution in [0.15, 0.2) is 56.8 Å². The summed E-state index contributed by atoms with van der Waals surface area (Å²) in [6, 6.07) is 12.0. The second-order valence-corrected chi connectivity index (χ2v) is 9.65. The molecule has 2 aromatic rings. The van der Waals surface area contributed by atoms with Crippen LogP contribution >= 0.6 is 27.7 Å². The van der Waals surface area contributed by atoms with Crippen LogP contribution in [0.1, 0.15) is 38.8 Å².